The molecule has 17 heavy (non-hydrogen) atoms. The number of carboxylic acid groups (broad SMARTS) is 1. The Bertz CT molecular complexity index is 448. The Morgan fingerprint density at radius 1 is 1.65 bits per heavy atom. The molecule has 2 heterocycles. The van der Waals surface area contributed by atoms with Gasteiger partial charge >= 0.3 is 5.97 Å². The van der Waals surface area contributed by atoms with Gasteiger partial charge in [0, 0.05) is 13.6 Å². The van der Waals surface area contributed by atoms with Crippen molar-refractivity contribution in [1.82, 2.24) is 25.1 Å². The summed E-state index contributed by atoms with van der Waals surface area (Å²) in [4.78, 5) is 23.9. The second-order valence-corrected chi connectivity index (χ2v) is 4.84. The van der Waals surface area contributed by atoms with Crippen molar-refractivity contribution in [1.29, 1.82) is 0 Å². The molecular formula is C8H11N5O3S. The van der Waals surface area contributed by atoms with Crippen LogP contribution < -0.4 is 0 Å². The van der Waals surface area contributed by atoms with E-state index in [0.717, 1.165) is 6.42 Å². The van der Waals surface area contributed by atoms with Gasteiger partial charge < -0.3 is 10.0 Å². The zero-order valence-corrected chi connectivity index (χ0v) is 9.92. The summed E-state index contributed by atoms with van der Waals surface area (Å²) in [6.07, 6.45) is 0.722. The van der Waals surface area contributed by atoms with E-state index < -0.39 is 5.97 Å². The maximum absolute atomic E-state index is 11.7. The van der Waals surface area contributed by atoms with E-state index in [9.17, 15) is 9.59 Å². The Kier molecular flexibility index (Phi) is 3.27. The molecule has 1 aliphatic heterocycles. The zero-order chi connectivity index (χ0) is 12.4. The van der Waals surface area contributed by atoms with Crippen molar-refractivity contribution < 1.29 is 14.7 Å². The highest BCUT2D eigenvalue weighted by Gasteiger charge is 2.31. The number of rotatable bonds is 4. The molecule has 0 radical (unpaired) electrons. The normalized spacial score (nSPS) is 19.9. The molecule has 8 nitrogen and oxygen atoms in total. The first-order valence-electron chi connectivity index (χ1n) is 4.97. The van der Waals surface area contributed by atoms with Crippen molar-refractivity contribution in [2.24, 2.45) is 0 Å². The number of thioether (sulfide) groups is 1. The van der Waals surface area contributed by atoms with Gasteiger partial charge in [0.1, 0.15) is 6.54 Å². The lowest BCUT2D eigenvalue weighted by Gasteiger charge is -2.08. The first-order valence-corrected chi connectivity index (χ1v) is 5.85. The highest BCUT2D eigenvalue weighted by atomic mass is 32.2. The molecule has 2 rings (SSSR count). The van der Waals surface area contributed by atoms with E-state index in [-0.39, 0.29) is 17.7 Å². The molecule has 1 fully saturated rings. The van der Waals surface area contributed by atoms with Crippen LogP contribution in [0, 0.1) is 0 Å². The summed E-state index contributed by atoms with van der Waals surface area (Å²) < 4.78 is 1.18. The molecule has 0 aromatic carbocycles. The summed E-state index contributed by atoms with van der Waals surface area (Å²) in [5, 5.41) is 19.5. The van der Waals surface area contributed by atoms with Crippen LogP contribution in [0.25, 0.3) is 0 Å². The largest absolute Gasteiger partial charge is 0.480 e. The lowest BCUT2D eigenvalue weighted by molar-refractivity contribution is -0.138. The minimum absolute atomic E-state index is 0.0277. The van der Waals surface area contributed by atoms with Crippen LogP contribution in [-0.2, 0) is 16.1 Å². The lowest BCUT2D eigenvalue weighted by atomic mass is 10.4. The van der Waals surface area contributed by atoms with Crippen LogP contribution in [0.2, 0.25) is 0 Å². The molecule has 1 N–H and O–H groups in total. The molecule has 0 spiro atoms. The maximum Gasteiger partial charge on any atom is 0.325 e. The van der Waals surface area contributed by atoms with Gasteiger partial charge in [0.2, 0.25) is 11.1 Å². The zero-order valence-electron chi connectivity index (χ0n) is 9.11. The quantitative estimate of drug-likeness (QED) is 0.744. The molecule has 1 amide bonds. The van der Waals surface area contributed by atoms with Crippen LogP contribution >= 0.6 is 11.8 Å². The van der Waals surface area contributed by atoms with Crippen LogP contribution in [0.4, 0.5) is 0 Å². The standard InChI is InChI=1S/C8H11N5O3S/c1-12-3-2-5(7(12)16)17-8-9-10-11-13(8)4-6(14)15/h5H,2-4H2,1H3,(H,14,15). The number of amides is 1. The van der Waals surface area contributed by atoms with Gasteiger partial charge in [-0.3, -0.25) is 9.59 Å². The fraction of sp³-hybridized carbons (Fsp3) is 0.625. The third-order valence-corrected chi connectivity index (χ3v) is 3.64. The first-order chi connectivity index (χ1) is 8.08. The first kappa shape index (κ1) is 11.8. The molecule has 1 aromatic heterocycles. The lowest BCUT2D eigenvalue weighted by Crippen LogP contribution is -2.24. The smallest absolute Gasteiger partial charge is 0.325 e. The van der Waals surface area contributed by atoms with Crippen LogP contribution in [-0.4, -0.2) is 60.9 Å². The summed E-state index contributed by atoms with van der Waals surface area (Å²) >= 11 is 1.21. The van der Waals surface area contributed by atoms with Gasteiger partial charge in [0.15, 0.2) is 0 Å². The summed E-state index contributed by atoms with van der Waals surface area (Å²) in [6, 6.07) is 0. The predicted octanol–water partition coefficient (Wildman–Crippen LogP) is -0.919. The van der Waals surface area contributed by atoms with Gasteiger partial charge in [-0.25, -0.2) is 4.68 Å². The van der Waals surface area contributed by atoms with E-state index in [0.29, 0.717) is 11.7 Å². The summed E-state index contributed by atoms with van der Waals surface area (Å²) in [6.45, 7) is 0.406. The molecule has 1 atom stereocenters. The fourth-order valence-corrected chi connectivity index (χ4v) is 2.60. The van der Waals surface area contributed by atoms with E-state index in [4.69, 9.17) is 5.11 Å². The Labute approximate surface area is 101 Å². The topological polar surface area (TPSA) is 101 Å². The number of nitrogens with zero attached hydrogens (tertiary/aromatic N) is 5. The third kappa shape index (κ3) is 2.54. The highest BCUT2D eigenvalue weighted by molar-refractivity contribution is 8.00. The van der Waals surface area contributed by atoms with E-state index in [1.165, 1.54) is 16.4 Å². The van der Waals surface area contributed by atoms with E-state index in [1.807, 2.05) is 0 Å². The minimum Gasteiger partial charge on any atom is -0.480 e. The molecular weight excluding hydrogens is 246 g/mol. The molecule has 0 aliphatic carbocycles. The maximum atomic E-state index is 11.7. The van der Waals surface area contributed by atoms with Crippen LogP contribution in [0.15, 0.2) is 5.16 Å². The average Bonchev–Trinajstić information content (AvgIpc) is 2.80. The Morgan fingerprint density at radius 2 is 2.41 bits per heavy atom. The highest BCUT2D eigenvalue weighted by Crippen LogP contribution is 2.28. The molecule has 1 aromatic rings. The number of aliphatic carboxylic acids is 1. The van der Waals surface area contributed by atoms with Crippen molar-refractivity contribution in [2.75, 3.05) is 13.6 Å². The Hall–Kier alpha value is -1.64. The molecule has 1 saturated heterocycles. The summed E-state index contributed by atoms with van der Waals surface area (Å²) in [5.74, 6) is -0.992. The van der Waals surface area contributed by atoms with Crippen molar-refractivity contribution in [3.05, 3.63) is 0 Å². The van der Waals surface area contributed by atoms with Gasteiger partial charge in [-0.1, -0.05) is 11.8 Å². The van der Waals surface area contributed by atoms with Crippen LogP contribution in [0.5, 0.6) is 0 Å². The van der Waals surface area contributed by atoms with Gasteiger partial charge in [-0.15, -0.1) is 5.10 Å². The Morgan fingerprint density at radius 3 is 3.00 bits per heavy atom. The van der Waals surface area contributed by atoms with E-state index in [2.05, 4.69) is 15.5 Å². The monoisotopic (exact) mass is 257 g/mol. The number of carbonyl (C=O) groups excluding carboxylic acids is 1. The van der Waals surface area contributed by atoms with Crippen molar-refractivity contribution in [3.8, 4) is 0 Å². The molecule has 1 aliphatic rings. The number of aromatic nitrogens is 4. The SMILES string of the molecule is CN1CCC(Sc2nnnn2CC(=O)O)C1=O. The molecule has 9 heteroatoms. The van der Waals surface area contributed by atoms with Crippen molar-refractivity contribution in [2.45, 2.75) is 23.4 Å². The number of tetrazole rings is 1. The van der Waals surface area contributed by atoms with Gasteiger partial charge in [-0.05, 0) is 16.8 Å². The number of carbonyl (C=O) groups is 2. The van der Waals surface area contributed by atoms with E-state index >= 15 is 0 Å². The molecule has 1 unspecified atom stereocenters. The second-order valence-electron chi connectivity index (χ2n) is 3.67. The van der Waals surface area contributed by atoms with Gasteiger partial charge in [-0.2, -0.15) is 0 Å². The molecule has 92 valence electrons. The number of likely N-dealkylation sites (tertiary alicyclic amines) is 1. The van der Waals surface area contributed by atoms with Gasteiger partial charge in [0.25, 0.3) is 0 Å². The van der Waals surface area contributed by atoms with Crippen LogP contribution in [0.3, 0.4) is 0 Å². The number of carboxylic acids is 1. The summed E-state index contributed by atoms with van der Waals surface area (Å²) in [5.41, 5.74) is 0. The number of hydrogen-bond acceptors (Lipinski definition) is 6. The molecule has 0 bridgehead atoms. The minimum atomic E-state index is -1.02. The predicted molar refractivity (Wildman–Crippen MR) is 57.4 cm³/mol. The van der Waals surface area contributed by atoms with Gasteiger partial charge in [0.05, 0.1) is 5.25 Å². The second kappa shape index (κ2) is 4.70. The third-order valence-electron chi connectivity index (χ3n) is 2.41. The fourth-order valence-electron chi connectivity index (χ4n) is 1.54. The Balaban J connectivity index is 2.06. The average molecular weight is 257 g/mol. The van der Waals surface area contributed by atoms with E-state index in [1.54, 1.807) is 11.9 Å². The van der Waals surface area contributed by atoms with Crippen molar-refractivity contribution >= 4 is 23.6 Å². The van der Waals surface area contributed by atoms with Crippen molar-refractivity contribution in [3.63, 3.8) is 0 Å². The number of hydrogen-bond donors (Lipinski definition) is 1. The summed E-state index contributed by atoms with van der Waals surface area (Å²) in [7, 11) is 1.74. The van der Waals surface area contributed by atoms with Crippen LogP contribution in [0.1, 0.15) is 6.42 Å². The molecule has 0 saturated carbocycles.